The third kappa shape index (κ3) is 9.44. The Morgan fingerprint density at radius 1 is 0.980 bits per heavy atom. The van der Waals surface area contributed by atoms with Crippen molar-refractivity contribution in [1.82, 2.24) is 14.1 Å². The molecule has 3 aromatic rings. The zero-order valence-electron chi connectivity index (χ0n) is 27.1. The minimum Gasteiger partial charge on any atom is -0.493 e. The second kappa shape index (κ2) is 16.1. The molecule has 3 aromatic carbocycles. The quantitative estimate of drug-likeness (QED) is 0.249. The highest BCUT2D eigenvalue weighted by atomic mass is 35.5. The SMILES string of the molecule is CC(C)CN.CCOc1cc(C(F)(F)F)ccc1C1=NC(c2ccc(Cl)cc2)C(c2ccc(Cl)cc2)N1C(=O)N1CCN(S(=O)(=O)O)CC1. The smallest absolute Gasteiger partial charge is 0.416 e. The Morgan fingerprint density at radius 2 is 1.51 bits per heavy atom. The first-order valence-corrected chi connectivity index (χ1v) is 17.6. The van der Waals surface area contributed by atoms with Gasteiger partial charge in [0.05, 0.1) is 23.8 Å². The van der Waals surface area contributed by atoms with Crippen LogP contribution in [0, 0.1) is 5.92 Å². The molecule has 16 heteroatoms. The molecule has 0 radical (unpaired) electrons. The highest BCUT2D eigenvalue weighted by Crippen LogP contribution is 2.46. The highest BCUT2D eigenvalue weighted by Gasteiger charge is 2.45. The number of amides is 2. The lowest BCUT2D eigenvalue weighted by Crippen LogP contribution is -2.55. The fourth-order valence-corrected chi connectivity index (χ4v) is 6.15. The van der Waals surface area contributed by atoms with Gasteiger partial charge in [-0.15, -0.1) is 0 Å². The van der Waals surface area contributed by atoms with Gasteiger partial charge in [-0.25, -0.2) is 4.79 Å². The van der Waals surface area contributed by atoms with E-state index in [1.54, 1.807) is 55.5 Å². The standard InChI is InChI=1S/C29H27Cl2F3N4O5S.C4H11N/c1-2-43-24-17-20(29(32,33)34)7-12-23(24)27-35-25(18-3-8-21(30)9-4-18)26(19-5-10-22(31)11-6-19)38(27)28(39)36-13-15-37(16-14-36)44(40,41)42;1-4(2)3-5/h3-12,17,25-26H,2,13-16H2,1H3,(H,40,41,42);4H,3,5H2,1-2H3. The molecule has 1 saturated heterocycles. The summed E-state index contributed by atoms with van der Waals surface area (Å²) in [5.41, 5.74) is 5.74. The van der Waals surface area contributed by atoms with Crippen LogP contribution < -0.4 is 10.5 Å². The lowest BCUT2D eigenvalue weighted by molar-refractivity contribution is -0.137. The van der Waals surface area contributed by atoms with E-state index in [-0.39, 0.29) is 49.9 Å². The Bertz CT molecular complexity index is 1730. The van der Waals surface area contributed by atoms with E-state index in [4.69, 9.17) is 38.7 Å². The van der Waals surface area contributed by atoms with E-state index in [0.717, 1.165) is 23.0 Å². The Morgan fingerprint density at radius 3 is 1.98 bits per heavy atom. The maximum Gasteiger partial charge on any atom is 0.416 e. The third-order valence-electron chi connectivity index (χ3n) is 7.85. The Hall–Kier alpha value is -3.40. The maximum absolute atomic E-state index is 14.4. The zero-order valence-corrected chi connectivity index (χ0v) is 29.4. The van der Waals surface area contributed by atoms with Crippen LogP contribution in [0.1, 0.15) is 55.1 Å². The topological polar surface area (TPSA) is 129 Å². The molecule has 2 unspecified atom stereocenters. The van der Waals surface area contributed by atoms with Crippen LogP contribution in [0.5, 0.6) is 5.75 Å². The van der Waals surface area contributed by atoms with Crippen LogP contribution in [0.2, 0.25) is 10.0 Å². The summed E-state index contributed by atoms with van der Waals surface area (Å²) in [7, 11) is -4.46. The summed E-state index contributed by atoms with van der Waals surface area (Å²) in [5, 5.41) is 0.932. The summed E-state index contributed by atoms with van der Waals surface area (Å²) < 4.78 is 80.3. The summed E-state index contributed by atoms with van der Waals surface area (Å²) >= 11 is 12.3. The van der Waals surface area contributed by atoms with Gasteiger partial charge in [0.1, 0.15) is 17.6 Å². The van der Waals surface area contributed by atoms with Crippen LogP contribution in [-0.2, 0) is 16.5 Å². The van der Waals surface area contributed by atoms with Crippen molar-refractivity contribution in [2.24, 2.45) is 16.6 Å². The van der Waals surface area contributed by atoms with E-state index in [1.165, 1.54) is 15.9 Å². The molecule has 0 aromatic heterocycles. The van der Waals surface area contributed by atoms with Gasteiger partial charge in [-0.1, -0.05) is 61.3 Å². The number of carbonyl (C=O) groups is 1. The minimum absolute atomic E-state index is 0.0489. The predicted octanol–water partition coefficient (Wildman–Crippen LogP) is 7.10. The van der Waals surface area contributed by atoms with Gasteiger partial charge in [0.2, 0.25) is 0 Å². The molecule has 1 fully saturated rings. The maximum atomic E-state index is 14.4. The largest absolute Gasteiger partial charge is 0.493 e. The van der Waals surface area contributed by atoms with Crippen LogP contribution in [0.25, 0.3) is 0 Å². The number of piperazine rings is 1. The van der Waals surface area contributed by atoms with Crippen molar-refractivity contribution in [3.8, 4) is 5.75 Å². The number of urea groups is 1. The summed E-state index contributed by atoms with van der Waals surface area (Å²) in [4.78, 5) is 22.1. The molecule has 0 bridgehead atoms. The molecule has 266 valence electrons. The molecule has 2 aliphatic heterocycles. The lowest BCUT2D eigenvalue weighted by Gasteiger charge is -2.38. The van der Waals surface area contributed by atoms with Gasteiger partial charge >= 0.3 is 22.5 Å². The number of carbonyl (C=O) groups excluding carboxylic acids is 1. The molecule has 2 heterocycles. The summed E-state index contributed by atoms with van der Waals surface area (Å²) in [5.74, 6) is 0.626. The van der Waals surface area contributed by atoms with Crippen molar-refractivity contribution in [2.75, 3.05) is 39.3 Å². The van der Waals surface area contributed by atoms with Crippen LogP contribution in [0.3, 0.4) is 0 Å². The van der Waals surface area contributed by atoms with Crippen molar-refractivity contribution < 1.29 is 35.7 Å². The molecule has 5 rings (SSSR count). The van der Waals surface area contributed by atoms with Crippen molar-refractivity contribution in [3.05, 3.63) is 99.0 Å². The van der Waals surface area contributed by atoms with E-state index in [1.807, 2.05) is 0 Å². The number of hydrogen-bond acceptors (Lipinski definition) is 6. The Kier molecular flexibility index (Phi) is 12.6. The first-order chi connectivity index (χ1) is 23.0. The Labute approximate surface area is 294 Å². The molecule has 2 atom stereocenters. The number of rotatable bonds is 7. The van der Waals surface area contributed by atoms with E-state index in [2.05, 4.69) is 13.8 Å². The van der Waals surface area contributed by atoms with E-state index in [0.29, 0.717) is 27.1 Å². The lowest BCUT2D eigenvalue weighted by atomic mass is 9.93. The van der Waals surface area contributed by atoms with E-state index >= 15 is 0 Å². The van der Waals surface area contributed by atoms with E-state index < -0.39 is 40.2 Å². The number of halogens is 5. The number of alkyl halides is 3. The van der Waals surface area contributed by atoms with Gasteiger partial charge in [-0.3, -0.25) is 14.4 Å². The monoisotopic (exact) mass is 743 g/mol. The van der Waals surface area contributed by atoms with Gasteiger partial charge in [0.15, 0.2) is 0 Å². The van der Waals surface area contributed by atoms with Crippen LogP contribution >= 0.6 is 23.2 Å². The number of hydrogen-bond donors (Lipinski definition) is 2. The van der Waals surface area contributed by atoms with Gasteiger partial charge in [-0.2, -0.15) is 25.9 Å². The molecule has 3 N–H and O–H groups in total. The highest BCUT2D eigenvalue weighted by molar-refractivity contribution is 7.83. The molecule has 49 heavy (non-hydrogen) atoms. The van der Waals surface area contributed by atoms with Gasteiger partial charge in [0, 0.05) is 36.2 Å². The molecule has 0 saturated carbocycles. The van der Waals surface area contributed by atoms with Crippen molar-refractivity contribution in [1.29, 1.82) is 0 Å². The van der Waals surface area contributed by atoms with Crippen LogP contribution in [-0.4, -0.2) is 78.3 Å². The summed E-state index contributed by atoms with van der Waals surface area (Å²) in [6, 6.07) is 14.6. The number of amidine groups is 1. The van der Waals surface area contributed by atoms with Crippen LogP contribution in [0.15, 0.2) is 71.7 Å². The van der Waals surface area contributed by atoms with Crippen LogP contribution in [0.4, 0.5) is 18.0 Å². The van der Waals surface area contributed by atoms with E-state index in [9.17, 15) is 30.9 Å². The molecule has 2 aliphatic rings. The second-order valence-electron chi connectivity index (χ2n) is 11.7. The summed E-state index contributed by atoms with van der Waals surface area (Å²) in [6.45, 7) is 6.28. The van der Waals surface area contributed by atoms with Crippen molar-refractivity contribution in [2.45, 2.75) is 39.0 Å². The van der Waals surface area contributed by atoms with Crippen molar-refractivity contribution in [3.63, 3.8) is 0 Å². The molecular weight excluding hydrogens is 706 g/mol. The fraction of sp³-hybridized carbons (Fsp3) is 0.394. The third-order valence-corrected chi connectivity index (χ3v) is 9.37. The normalized spacial score (nSPS) is 18.6. The number of nitrogens with zero attached hydrogens (tertiary/aromatic N) is 4. The van der Waals surface area contributed by atoms with Gasteiger partial charge in [-0.05, 0) is 73.0 Å². The average molecular weight is 745 g/mol. The van der Waals surface area contributed by atoms with Crippen molar-refractivity contribution >= 4 is 45.4 Å². The second-order valence-corrected chi connectivity index (χ2v) is 14.0. The fourth-order valence-electron chi connectivity index (χ4n) is 5.28. The minimum atomic E-state index is -4.64. The van der Waals surface area contributed by atoms with Gasteiger partial charge < -0.3 is 15.4 Å². The number of ether oxygens (including phenoxy) is 1. The molecule has 0 spiro atoms. The zero-order chi connectivity index (χ0) is 36.1. The molecule has 2 amide bonds. The number of benzene rings is 3. The average Bonchev–Trinajstić information content (AvgIpc) is 3.45. The number of aliphatic imine (C=N–C) groups is 1. The summed E-state index contributed by atoms with van der Waals surface area (Å²) in [6.07, 6.45) is -4.64. The molecule has 10 nitrogen and oxygen atoms in total. The Balaban J connectivity index is 0.00000101. The molecule has 0 aliphatic carbocycles. The predicted molar refractivity (Wildman–Crippen MR) is 183 cm³/mol. The molecular formula is C33H38Cl2F3N5O5S. The number of nitrogens with two attached hydrogens (primary N) is 1. The van der Waals surface area contributed by atoms with Gasteiger partial charge in [0.25, 0.3) is 0 Å². The first kappa shape index (κ1) is 38.4. The first-order valence-electron chi connectivity index (χ1n) is 15.5.